The first kappa shape index (κ1) is 22.6. The van der Waals surface area contributed by atoms with Crippen molar-refractivity contribution >= 4 is 15.9 Å². The van der Waals surface area contributed by atoms with Crippen LogP contribution in [0.1, 0.15) is 1.43 Å². The van der Waals surface area contributed by atoms with Gasteiger partial charge in [-0.3, -0.25) is 0 Å². The van der Waals surface area contributed by atoms with Crippen molar-refractivity contribution in [2.24, 2.45) is 0 Å². The summed E-state index contributed by atoms with van der Waals surface area (Å²) in [6, 6.07) is 0. The molecule has 1 radical (unpaired) electrons. The van der Waals surface area contributed by atoms with Gasteiger partial charge >= 0.3 is 45.4 Å². The van der Waals surface area contributed by atoms with Gasteiger partial charge in [-0.15, -0.1) is 0 Å². The molecule has 1 fully saturated rings. The van der Waals surface area contributed by atoms with Crippen LogP contribution in [0.2, 0.25) is 0 Å². The van der Waals surface area contributed by atoms with E-state index in [1.165, 1.54) is 13.1 Å². The number of rotatable bonds is 8. The van der Waals surface area contributed by atoms with Gasteiger partial charge in [0.2, 0.25) is 0 Å². The molecule has 1 aliphatic rings. The van der Waals surface area contributed by atoms with Crippen LogP contribution >= 0.6 is 0 Å². The van der Waals surface area contributed by atoms with Crippen LogP contribution in [-0.2, 0) is 17.1 Å². The molecule has 1 rings (SSSR count). The number of nitrogens with one attached hydrogen (secondary N) is 1. The van der Waals surface area contributed by atoms with E-state index in [4.69, 9.17) is 17.1 Å². The molecule has 6 nitrogen and oxygen atoms in total. The zero-order chi connectivity index (χ0) is 13.5. The van der Waals surface area contributed by atoms with Gasteiger partial charge in [0.1, 0.15) is 0 Å². The zero-order valence-electron chi connectivity index (χ0n) is 13.8. The van der Waals surface area contributed by atoms with Gasteiger partial charge < -0.3 is 28.7 Å². The van der Waals surface area contributed by atoms with Crippen molar-refractivity contribution in [2.75, 3.05) is 73.9 Å². The quantitative estimate of drug-likeness (QED) is 0.371. The number of ether oxygens (including phenoxy) is 2. The van der Waals surface area contributed by atoms with Gasteiger partial charge in [-0.1, -0.05) is 0 Å². The molecule has 1 heterocycles. The molecule has 0 aromatic carbocycles. The molecular weight excluding hydrogens is 274 g/mol. The summed E-state index contributed by atoms with van der Waals surface area (Å²) in [6.45, 7) is 7.21. The standard InChI is InChI=1S/C5H12N2.2C3H7O2.Al.Na.H/c1-7-4-2-6-3-5-7;2*1-5-3-2-4;;;/h6H,2-5H2,1H3;2*2-3H2,1H3;;;/q;2*-1;+2;+1;-1. The zero-order valence-corrected chi connectivity index (χ0v) is 16.0. The average Bonchev–Trinajstić information content (AvgIpc) is 2.39. The smallest absolute Gasteiger partial charge is 1.00 e. The van der Waals surface area contributed by atoms with Gasteiger partial charge in [-0.2, -0.15) is 0 Å². The number of piperazine rings is 1. The number of likely N-dealkylation sites (N-methyl/N-ethyl adjacent to an activating group) is 1. The van der Waals surface area contributed by atoms with Crippen molar-refractivity contribution in [1.82, 2.24) is 10.2 Å². The molecule has 0 unspecified atom stereocenters. The monoisotopic (exact) mass is 301 g/mol. The number of nitrogens with zero attached hydrogens (tertiary/aromatic N) is 1. The summed E-state index contributed by atoms with van der Waals surface area (Å²) in [4.78, 5) is 2.33. The van der Waals surface area contributed by atoms with Gasteiger partial charge in [0.15, 0.2) is 0 Å². The van der Waals surface area contributed by atoms with Crippen LogP contribution in [0.25, 0.3) is 0 Å². The van der Waals surface area contributed by atoms with Crippen LogP contribution < -0.4 is 34.9 Å². The van der Waals surface area contributed by atoms with E-state index in [-0.39, 0.29) is 46.9 Å². The number of hydrogen-bond acceptors (Lipinski definition) is 6. The van der Waals surface area contributed by atoms with Crippen molar-refractivity contribution in [2.45, 2.75) is 0 Å². The van der Waals surface area contributed by atoms with Gasteiger partial charge in [0, 0.05) is 53.6 Å². The summed E-state index contributed by atoms with van der Waals surface area (Å²) in [7, 11) is 5.44. The van der Waals surface area contributed by atoms with E-state index in [0.717, 1.165) is 13.1 Å². The maximum atomic E-state index is 5.10. The van der Waals surface area contributed by atoms with Gasteiger partial charge in [-0.25, -0.2) is 0 Å². The van der Waals surface area contributed by atoms with E-state index in [1.807, 2.05) is 0 Å². The van der Waals surface area contributed by atoms with Crippen LogP contribution in [-0.4, -0.2) is 94.7 Å². The molecule has 0 saturated carbocycles. The molecule has 8 heteroatoms. The van der Waals surface area contributed by atoms with E-state index in [9.17, 15) is 0 Å². The molecule has 0 aromatic heterocycles. The Kier molecular flexibility index (Phi) is 22.9. The molecule has 1 N–H and O–H groups in total. The topological polar surface area (TPSA) is 52.2 Å². The molecule has 109 valence electrons. The number of methoxy groups -OCH3 is 2. The minimum Gasteiger partial charge on any atom is -1.00 e. The minimum atomic E-state index is -0.349. The molecule has 0 amide bonds. The van der Waals surface area contributed by atoms with Gasteiger partial charge in [0.25, 0.3) is 0 Å². The molecule has 0 aliphatic carbocycles. The van der Waals surface area contributed by atoms with Crippen LogP contribution in [0.5, 0.6) is 0 Å². The van der Waals surface area contributed by atoms with E-state index >= 15 is 0 Å². The largest absolute Gasteiger partial charge is 1.00 e. The molecule has 1 aliphatic heterocycles. The number of hydrogen-bond donors (Lipinski definition) is 1. The fraction of sp³-hybridized carbons (Fsp3) is 1.00. The molecule has 0 aromatic rings. The van der Waals surface area contributed by atoms with Crippen LogP contribution in [0, 0.1) is 0 Å². The van der Waals surface area contributed by atoms with Crippen LogP contribution in [0.4, 0.5) is 0 Å². The molecule has 0 atom stereocenters. The summed E-state index contributed by atoms with van der Waals surface area (Å²) < 4.78 is 19.8. The van der Waals surface area contributed by atoms with Crippen molar-refractivity contribution in [3.63, 3.8) is 0 Å². The first-order valence-electron chi connectivity index (χ1n) is 6.23. The van der Waals surface area contributed by atoms with Gasteiger partial charge in [0.05, 0.1) is 13.2 Å². The third kappa shape index (κ3) is 19.3. The second-order valence-electron chi connectivity index (χ2n) is 3.88. The van der Waals surface area contributed by atoms with Crippen LogP contribution in [0.3, 0.4) is 0 Å². The van der Waals surface area contributed by atoms with Crippen LogP contribution in [0.15, 0.2) is 0 Å². The molecular formula is C11H27AlN2NaO4. The third-order valence-corrected chi connectivity index (χ3v) is 3.03. The summed E-state index contributed by atoms with van der Waals surface area (Å²) in [5, 5.41) is 3.27. The van der Waals surface area contributed by atoms with Crippen molar-refractivity contribution in [3.05, 3.63) is 0 Å². The van der Waals surface area contributed by atoms with Gasteiger partial charge in [-0.05, 0) is 7.05 Å². The first-order valence-corrected chi connectivity index (χ1v) is 7.17. The summed E-state index contributed by atoms with van der Waals surface area (Å²) in [6.07, 6.45) is 0. The Labute approximate surface area is 147 Å². The fourth-order valence-corrected chi connectivity index (χ4v) is 1.66. The summed E-state index contributed by atoms with van der Waals surface area (Å²) in [5.74, 6) is 0. The minimum absolute atomic E-state index is 0. The van der Waals surface area contributed by atoms with E-state index < -0.39 is 0 Å². The molecule has 0 bridgehead atoms. The predicted octanol–water partition coefficient (Wildman–Crippen LogP) is -3.52. The van der Waals surface area contributed by atoms with E-state index in [1.54, 1.807) is 14.2 Å². The Morgan fingerprint density at radius 3 is 1.79 bits per heavy atom. The maximum Gasteiger partial charge on any atom is 1.00 e. The van der Waals surface area contributed by atoms with Crippen molar-refractivity contribution in [3.8, 4) is 0 Å². The second kappa shape index (κ2) is 19.3. The summed E-state index contributed by atoms with van der Waals surface area (Å²) >= 11 is -0.349. The van der Waals surface area contributed by atoms with Crippen molar-refractivity contribution in [1.29, 1.82) is 0 Å². The Balaban J connectivity index is -0.000000280. The second-order valence-corrected chi connectivity index (χ2v) is 4.74. The Bertz CT molecular complexity index is 163. The normalized spacial score (nSPS) is 15.1. The predicted molar refractivity (Wildman–Crippen MR) is 72.9 cm³/mol. The van der Waals surface area contributed by atoms with E-state index in [2.05, 4.69) is 17.3 Å². The van der Waals surface area contributed by atoms with Crippen molar-refractivity contribution < 1.29 is 48.0 Å². The molecule has 19 heavy (non-hydrogen) atoms. The SMILES string of the molecule is CN1CCNCC1.COCC[O][Al][O]CCOC.[H-].[Na+]. The molecule has 0 spiro atoms. The molecule has 1 saturated heterocycles. The van der Waals surface area contributed by atoms with E-state index in [0.29, 0.717) is 26.4 Å². The Morgan fingerprint density at radius 2 is 1.47 bits per heavy atom. The maximum absolute atomic E-state index is 5.10. The Morgan fingerprint density at radius 1 is 1.00 bits per heavy atom. The fourth-order valence-electron chi connectivity index (χ4n) is 1.18. The third-order valence-electron chi connectivity index (χ3n) is 2.29. The first-order chi connectivity index (χ1) is 8.81. The Hall–Kier alpha value is 1.29. The average molecular weight is 301 g/mol. The summed E-state index contributed by atoms with van der Waals surface area (Å²) in [5.41, 5.74) is 0.